The van der Waals surface area contributed by atoms with Gasteiger partial charge in [-0.1, -0.05) is 0 Å². The molecule has 4 heteroatoms. The summed E-state index contributed by atoms with van der Waals surface area (Å²) in [6, 6.07) is 7.37. The molecule has 0 bridgehead atoms. The average Bonchev–Trinajstić information content (AvgIpc) is 2.31. The monoisotopic (exact) mass is 262 g/mol. The highest BCUT2D eigenvalue weighted by Gasteiger charge is 2.12. The summed E-state index contributed by atoms with van der Waals surface area (Å²) in [7, 11) is 1.76. The van der Waals surface area contributed by atoms with Gasteiger partial charge in [-0.25, -0.2) is 8.78 Å². The second-order valence-electron chi connectivity index (χ2n) is 4.68. The zero-order valence-electron chi connectivity index (χ0n) is 11.2. The highest BCUT2D eigenvalue weighted by Crippen LogP contribution is 2.31. The summed E-state index contributed by atoms with van der Waals surface area (Å²) in [5.74, 6) is -0.720. The minimum Gasteiger partial charge on any atom is -0.398 e. The van der Waals surface area contributed by atoms with Crippen molar-refractivity contribution in [3.63, 3.8) is 0 Å². The summed E-state index contributed by atoms with van der Waals surface area (Å²) in [5, 5.41) is 0. The highest BCUT2D eigenvalue weighted by atomic mass is 19.1. The molecule has 2 N–H and O–H groups in total. The van der Waals surface area contributed by atoms with E-state index in [0.717, 1.165) is 11.1 Å². The molecule has 2 rings (SSSR count). The molecule has 0 radical (unpaired) electrons. The average molecular weight is 262 g/mol. The molecule has 2 aromatic carbocycles. The summed E-state index contributed by atoms with van der Waals surface area (Å²) in [5.41, 5.74) is 9.00. The molecule has 2 nitrogen and oxygen atoms in total. The Morgan fingerprint density at radius 1 is 0.947 bits per heavy atom. The summed E-state index contributed by atoms with van der Waals surface area (Å²) >= 11 is 0. The van der Waals surface area contributed by atoms with Crippen LogP contribution in [0.5, 0.6) is 0 Å². The van der Waals surface area contributed by atoms with Crippen molar-refractivity contribution < 1.29 is 8.78 Å². The SMILES string of the molecule is Cc1cc(F)cc(N(C)c2cc(F)cc(N)c2C)c1. The molecule has 0 aromatic heterocycles. The van der Waals surface area contributed by atoms with E-state index in [1.807, 2.05) is 19.9 Å². The molecular formula is C15H16F2N2. The third-order valence-corrected chi connectivity index (χ3v) is 3.16. The lowest BCUT2D eigenvalue weighted by atomic mass is 10.1. The Morgan fingerprint density at radius 3 is 2.21 bits per heavy atom. The van der Waals surface area contributed by atoms with Gasteiger partial charge in [0.05, 0.1) is 0 Å². The molecule has 0 saturated carbocycles. The van der Waals surface area contributed by atoms with Gasteiger partial charge in [-0.3, -0.25) is 0 Å². The third kappa shape index (κ3) is 2.67. The first-order valence-corrected chi connectivity index (χ1v) is 5.95. The first-order valence-electron chi connectivity index (χ1n) is 5.95. The molecule has 0 spiro atoms. The van der Waals surface area contributed by atoms with Crippen molar-refractivity contribution in [2.45, 2.75) is 13.8 Å². The number of anilines is 3. The molecule has 0 amide bonds. The van der Waals surface area contributed by atoms with Gasteiger partial charge >= 0.3 is 0 Å². The van der Waals surface area contributed by atoms with E-state index in [4.69, 9.17) is 5.73 Å². The molecule has 0 fully saturated rings. The van der Waals surface area contributed by atoms with Crippen molar-refractivity contribution in [1.82, 2.24) is 0 Å². The zero-order valence-corrected chi connectivity index (χ0v) is 11.2. The molecule has 0 aliphatic carbocycles. The van der Waals surface area contributed by atoms with E-state index in [0.29, 0.717) is 17.1 Å². The fourth-order valence-electron chi connectivity index (χ4n) is 2.08. The molecule has 0 saturated heterocycles. The maximum Gasteiger partial charge on any atom is 0.127 e. The predicted molar refractivity (Wildman–Crippen MR) is 74.7 cm³/mol. The topological polar surface area (TPSA) is 29.3 Å². The fraction of sp³-hybridized carbons (Fsp3) is 0.200. The van der Waals surface area contributed by atoms with E-state index in [1.54, 1.807) is 11.9 Å². The van der Waals surface area contributed by atoms with E-state index in [1.165, 1.54) is 24.3 Å². The number of hydrogen-bond donors (Lipinski definition) is 1. The summed E-state index contributed by atoms with van der Waals surface area (Å²) < 4.78 is 26.9. The van der Waals surface area contributed by atoms with Crippen molar-refractivity contribution in [1.29, 1.82) is 0 Å². The van der Waals surface area contributed by atoms with Gasteiger partial charge in [-0.2, -0.15) is 0 Å². The lowest BCUT2D eigenvalue weighted by molar-refractivity contribution is 0.626. The molecule has 2 aromatic rings. The Kier molecular flexibility index (Phi) is 3.42. The van der Waals surface area contributed by atoms with Crippen molar-refractivity contribution in [3.8, 4) is 0 Å². The summed E-state index contributed by atoms with van der Waals surface area (Å²) in [6.45, 7) is 3.62. The van der Waals surface area contributed by atoms with Crippen LogP contribution >= 0.6 is 0 Å². The second-order valence-corrected chi connectivity index (χ2v) is 4.68. The van der Waals surface area contributed by atoms with Crippen LogP contribution in [0.2, 0.25) is 0 Å². The molecule has 0 aliphatic heterocycles. The Balaban J connectivity index is 2.52. The number of nitrogens with two attached hydrogens (primary N) is 1. The minimum atomic E-state index is -0.405. The third-order valence-electron chi connectivity index (χ3n) is 3.16. The molecular weight excluding hydrogens is 246 g/mol. The number of benzene rings is 2. The van der Waals surface area contributed by atoms with E-state index >= 15 is 0 Å². The number of nitrogens with zero attached hydrogens (tertiary/aromatic N) is 1. The maximum atomic E-state index is 13.5. The molecule has 100 valence electrons. The van der Waals surface area contributed by atoms with Crippen LogP contribution in [-0.4, -0.2) is 7.05 Å². The van der Waals surface area contributed by atoms with Gasteiger partial charge in [-0.15, -0.1) is 0 Å². The minimum absolute atomic E-state index is 0.316. The lowest BCUT2D eigenvalue weighted by Gasteiger charge is -2.23. The Labute approximate surface area is 111 Å². The highest BCUT2D eigenvalue weighted by molar-refractivity contribution is 5.71. The van der Waals surface area contributed by atoms with E-state index < -0.39 is 5.82 Å². The summed E-state index contributed by atoms with van der Waals surface area (Å²) in [6.07, 6.45) is 0. The number of aryl methyl sites for hydroxylation is 1. The first kappa shape index (κ1) is 13.3. The Hall–Kier alpha value is -2.10. The van der Waals surface area contributed by atoms with Gasteiger partial charge < -0.3 is 10.6 Å². The Bertz CT molecular complexity index is 604. The van der Waals surface area contributed by atoms with Crippen LogP contribution in [0.25, 0.3) is 0 Å². The van der Waals surface area contributed by atoms with Crippen LogP contribution in [0.1, 0.15) is 11.1 Å². The lowest BCUT2D eigenvalue weighted by Crippen LogP contribution is -2.12. The number of hydrogen-bond acceptors (Lipinski definition) is 2. The maximum absolute atomic E-state index is 13.5. The van der Waals surface area contributed by atoms with E-state index in [9.17, 15) is 8.78 Å². The van der Waals surface area contributed by atoms with Crippen LogP contribution in [0.3, 0.4) is 0 Å². The Morgan fingerprint density at radius 2 is 1.58 bits per heavy atom. The molecule has 0 unspecified atom stereocenters. The number of halogens is 2. The van der Waals surface area contributed by atoms with E-state index in [2.05, 4.69) is 0 Å². The van der Waals surface area contributed by atoms with Crippen LogP contribution in [0.15, 0.2) is 30.3 Å². The standard InChI is InChI=1S/C15H16F2N2/c1-9-4-11(16)6-13(5-9)19(3)15-8-12(17)7-14(18)10(15)2/h4-8H,18H2,1-3H3. The van der Waals surface area contributed by atoms with Crippen LogP contribution in [0.4, 0.5) is 25.8 Å². The second kappa shape index (κ2) is 4.88. The molecule has 0 aliphatic rings. The van der Waals surface area contributed by atoms with Crippen molar-refractivity contribution in [2.75, 3.05) is 17.7 Å². The van der Waals surface area contributed by atoms with Gasteiger partial charge in [-0.05, 0) is 55.3 Å². The molecule has 19 heavy (non-hydrogen) atoms. The van der Waals surface area contributed by atoms with Gasteiger partial charge in [0.2, 0.25) is 0 Å². The number of nitrogen functional groups attached to an aromatic ring is 1. The van der Waals surface area contributed by atoms with Crippen molar-refractivity contribution >= 4 is 17.1 Å². The van der Waals surface area contributed by atoms with E-state index in [-0.39, 0.29) is 5.82 Å². The van der Waals surface area contributed by atoms with Crippen molar-refractivity contribution in [3.05, 3.63) is 53.1 Å². The van der Waals surface area contributed by atoms with Crippen molar-refractivity contribution in [2.24, 2.45) is 0 Å². The molecule has 0 atom stereocenters. The van der Waals surface area contributed by atoms with Crippen LogP contribution < -0.4 is 10.6 Å². The fourth-order valence-corrected chi connectivity index (χ4v) is 2.08. The van der Waals surface area contributed by atoms with Crippen LogP contribution in [-0.2, 0) is 0 Å². The predicted octanol–water partition coefficient (Wildman–Crippen LogP) is 3.93. The summed E-state index contributed by atoms with van der Waals surface area (Å²) in [4.78, 5) is 1.73. The smallest absolute Gasteiger partial charge is 0.127 e. The van der Waals surface area contributed by atoms with Gasteiger partial charge in [0.25, 0.3) is 0 Å². The normalized spacial score (nSPS) is 10.6. The van der Waals surface area contributed by atoms with Crippen LogP contribution in [0, 0.1) is 25.5 Å². The van der Waals surface area contributed by atoms with Gasteiger partial charge in [0.1, 0.15) is 11.6 Å². The van der Waals surface area contributed by atoms with Gasteiger partial charge in [0.15, 0.2) is 0 Å². The zero-order chi connectivity index (χ0) is 14.2. The quantitative estimate of drug-likeness (QED) is 0.831. The van der Waals surface area contributed by atoms with Gasteiger partial charge in [0, 0.05) is 24.1 Å². The first-order chi connectivity index (χ1) is 8.88. The number of rotatable bonds is 2. The largest absolute Gasteiger partial charge is 0.398 e. The molecule has 0 heterocycles.